The second kappa shape index (κ2) is 10.3. The van der Waals surface area contributed by atoms with Gasteiger partial charge >= 0.3 is 10.1 Å². The molecule has 0 bridgehead atoms. The minimum Gasteiger partial charge on any atom is -0.379 e. The van der Waals surface area contributed by atoms with Crippen molar-refractivity contribution in [3.8, 4) is 5.75 Å². The average molecular weight is 448 g/mol. The van der Waals surface area contributed by atoms with E-state index in [1.165, 1.54) is 18.6 Å². The first-order valence-corrected chi connectivity index (χ1v) is 12.2. The number of benzene rings is 2. The maximum Gasteiger partial charge on any atom is 0.339 e. The molecule has 7 heteroatoms. The van der Waals surface area contributed by atoms with Crippen LogP contribution in [0.4, 0.5) is 4.39 Å². The summed E-state index contributed by atoms with van der Waals surface area (Å²) in [6.07, 6.45) is 5.35. The summed E-state index contributed by atoms with van der Waals surface area (Å²) < 4.78 is 42.9. The molecule has 0 saturated heterocycles. The lowest BCUT2D eigenvalue weighted by atomic mass is 9.88. The lowest BCUT2D eigenvalue weighted by molar-refractivity contribution is -0.137. The highest BCUT2D eigenvalue weighted by atomic mass is 32.2. The zero-order valence-corrected chi connectivity index (χ0v) is 18.9. The predicted molar refractivity (Wildman–Crippen MR) is 117 cm³/mol. The van der Waals surface area contributed by atoms with Gasteiger partial charge in [0.05, 0.1) is 0 Å². The van der Waals surface area contributed by atoms with Gasteiger partial charge in [-0.3, -0.25) is 4.79 Å². The van der Waals surface area contributed by atoms with Crippen LogP contribution in [0, 0.1) is 17.7 Å². The van der Waals surface area contributed by atoms with Gasteiger partial charge in [-0.2, -0.15) is 8.42 Å². The molecule has 2 aromatic carbocycles. The Kier molecular flexibility index (Phi) is 7.70. The molecule has 0 atom stereocenters. The highest BCUT2D eigenvalue weighted by Crippen LogP contribution is 2.27. The normalized spacial score (nSPS) is 15.1. The summed E-state index contributed by atoms with van der Waals surface area (Å²) in [6, 6.07) is 11.2. The fourth-order valence-corrected chi connectivity index (χ4v) is 4.86. The Balaban J connectivity index is 1.68. The van der Waals surface area contributed by atoms with Gasteiger partial charge in [-0.1, -0.05) is 45.2 Å². The number of hydrogen-bond acceptors (Lipinski definition) is 4. The van der Waals surface area contributed by atoms with Crippen molar-refractivity contribution in [3.05, 3.63) is 59.9 Å². The van der Waals surface area contributed by atoms with Crippen molar-refractivity contribution in [3.63, 3.8) is 0 Å². The summed E-state index contributed by atoms with van der Waals surface area (Å²) in [5.74, 6) is 0.332. The van der Waals surface area contributed by atoms with Crippen molar-refractivity contribution in [2.45, 2.75) is 57.4 Å². The maximum atomic E-state index is 13.1. The van der Waals surface area contributed by atoms with Crippen LogP contribution in [-0.4, -0.2) is 25.8 Å². The summed E-state index contributed by atoms with van der Waals surface area (Å²) in [4.78, 5) is 14.9. The molecule has 2 aromatic rings. The van der Waals surface area contributed by atoms with Gasteiger partial charge in [-0.25, -0.2) is 4.39 Å². The van der Waals surface area contributed by atoms with Crippen molar-refractivity contribution < 1.29 is 21.8 Å². The van der Waals surface area contributed by atoms with Crippen LogP contribution in [0.15, 0.2) is 53.4 Å². The standard InChI is InChI=1S/C24H30FNO4S/c1-18(2)16-26(24(27)20-6-4-3-5-7-20)17-19-8-12-22(13-9-19)30-31(28,29)23-14-10-21(25)11-15-23/h8-15,18,20H,3-7,16-17H2,1-2H3. The maximum absolute atomic E-state index is 13.1. The zero-order valence-electron chi connectivity index (χ0n) is 18.1. The summed E-state index contributed by atoms with van der Waals surface area (Å²) in [5, 5.41) is 0. The smallest absolute Gasteiger partial charge is 0.339 e. The predicted octanol–water partition coefficient (Wildman–Crippen LogP) is 5.16. The Morgan fingerprint density at radius 1 is 1.03 bits per heavy atom. The fourth-order valence-electron chi connectivity index (χ4n) is 3.93. The Morgan fingerprint density at radius 3 is 2.23 bits per heavy atom. The van der Waals surface area contributed by atoms with Crippen LogP contribution in [0.25, 0.3) is 0 Å². The van der Waals surface area contributed by atoms with Gasteiger partial charge in [0.25, 0.3) is 0 Å². The van der Waals surface area contributed by atoms with Crippen LogP contribution < -0.4 is 4.18 Å². The van der Waals surface area contributed by atoms with Crippen LogP contribution in [0.3, 0.4) is 0 Å². The number of amides is 1. The topological polar surface area (TPSA) is 63.7 Å². The van der Waals surface area contributed by atoms with Crippen LogP contribution >= 0.6 is 0 Å². The first-order chi connectivity index (χ1) is 14.7. The van der Waals surface area contributed by atoms with E-state index < -0.39 is 15.9 Å². The van der Waals surface area contributed by atoms with E-state index in [4.69, 9.17) is 4.18 Å². The lowest BCUT2D eigenvalue weighted by Gasteiger charge is -2.30. The van der Waals surface area contributed by atoms with E-state index in [1.54, 1.807) is 24.3 Å². The highest BCUT2D eigenvalue weighted by Gasteiger charge is 2.26. The molecule has 168 valence electrons. The van der Waals surface area contributed by atoms with E-state index in [0.29, 0.717) is 19.0 Å². The Hall–Kier alpha value is -2.41. The number of carbonyl (C=O) groups excluding carboxylic acids is 1. The Morgan fingerprint density at radius 2 is 1.65 bits per heavy atom. The third kappa shape index (κ3) is 6.53. The zero-order chi connectivity index (χ0) is 22.4. The number of rotatable bonds is 8. The second-order valence-corrected chi connectivity index (χ2v) is 10.1. The average Bonchev–Trinajstić information content (AvgIpc) is 2.74. The summed E-state index contributed by atoms with van der Waals surface area (Å²) >= 11 is 0. The quantitative estimate of drug-likeness (QED) is 0.525. The third-order valence-electron chi connectivity index (χ3n) is 5.46. The second-order valence-electron chi connectivity index (χ2n) is 8.58. The molecule has 0 aromatic heterocycles. The van der Waals surface area contributed by atoms with E-state index in [9.17, 15) is 17.6 Å². The molecule has 0 spiro atoms. The van der Waals surface area contributed by atoms with Crippen molar-refractivity contribution in [2.75, 3.05) is 6.54 Å². The van der Waals surface area contributed by atoms with Crippen molar-refractivity contribution in [1.29, 1.82) is 0 Å². The SMILES string of the molecule is CC(C)CN(Cc1ccc(OS(=O)(=O)c2ccc(F)cc2)cc1)C(=O)C1CCCCC1. The van der Waals surface area contributed by atoms with Gasteiger partial charge in [0.1, 0.15) is 16.5 Å². The molecule has 1 aliphatic carbocycles. The number of nitrogens with zero attached hydrogens (tertiary/aromatic N) is 1. The molecular formula is C24H30FNO4S. The molecule has 1 saturated carbocycles. The molecule has 0 aliphatic heterocycles. The number of halogens is 1. The summed E-state index contributed by atoms with van der Waals surface area (Å²) in [6.45, 7) is 5.36. The van der Waals surface area contributed by atoms with Gasteiger partial charge < -0.3 is 9.08 Å². The van der Waals surface area contributed by atoms with Crippen LogP contribution in [0.1, 0.15) is 51.5 Å². The molecule has 1 aliphatic rings. The summed E-state index contributed by atoms with van der Waals surface area (Å²) in [7, 11) is -4.04. The number of hydrogen-bond donors (Lipinski definition) is 0. The molecule has 0 unspecified atom stereocenters. The molecule has 0 N–H and O–H groups in total. The van der Waals surface area contributed by atoms with Gasteiger partial charge in [0, 0.05) is 19.0 Å². The van der Waals surface area contributed by atoms with E-state index in [-0.39, 0.29) is 22.5 Å². The van der Waals surface area contributed by atoms with Gasteiger partial charge in [0.2, 0.25) is 5.91 Å². The van der Waals surface area contributed by atoms with Crippen molar-refractivity contribution in [2.24, 2.45) is 11.8 Å². The van der Waals surface area contributed by atoms with Crippen LogP contribution in [-0.2, 0) is 21.5 Å². The Labute approximate surface area is 184 Å². The minimum absolute atomic E-state index is 0.107. The molecule has 1 amide bonds. The largest absolute Gasteiger partial charge is 0.379 e. The molecule has 1 fully saturated rings. The van der Waals surface area contributed by atoms with E-state index in [0.717, 1.165) is 43.4 Å². The van der Waals surface area contributed by atoms with Gasteiger partial charge in [0.15, 0.2) is 0 Å². The summed E-state index contributed by atoms with van der Waals surface area (Å²) in [5.41, 5.74) is 0.913. The minimum atomic E-state index is -4.04. The third-order valence-corrected chi connectivity index (χ3v) is 6.72. The number of carbonyl (C=O) groups is 1. The lowest BCUT2D eigenvalue weighted by Crippen LogP contribution is -2.38. The van der Waals surface area contributed by atoms with Crippen molar-refractivity contribution >= 4 is 16.0 Å². The van der Waals surface area contributed by atoms with E-state index in [1.807, 2.05) is 4.90 Å². The molecule has 3 rings (SSSR count). The molecule has 5 nitrogen and oxygen atoms in total. The van der Waals surface area contributed by atoms with Crippen LogP contribution in [0.2, 0.25) is 0 Å². The Bertz CT molecular complexity index is 966. The highest BCUT2D eigenvalue weighted by molar-refractivity contribution is 7.87. The first-order valence-electron chi connectivity index (χ1n) is 10.8. The van der Waals surface area contributed by atoms with Gasteiger partial charge in [-0.05, 0) is 60.7 Å². The molecule has 31 heavy (non-hydrogen) atoms. The molecule has 0 heterocycles. The molecular weight excluding hydrogens is 417 g/mol. The van der Waals surface area contributed by atoms with E-state index in [2.05, 4.69) is 13.8 Å². The first kappa shape index (κ1) is 23.3. The van der Waals surface area contributed by atoms with Crippen molar-refractivity contribution in [1.82, 2.24) is 4.90 Å². The van der Waals surface area contributed by atoms with Crippen LogP contribution in [0.5, 0.6) is 5.75 Å². The van der Waals surface area contributed by atoms with Gasteiger partial charge in [-0.15, -0.1) is 0 Å². The monoisotopic (exact) mass is 447 g/mol. The van der Waals surface area contributed by atoms with E-state index >= 15 is 0 Å². The molecule has 0 radical (unpaired) electrons. The fraction of sp³-hybridized carbons (Fsp3) is 0.458.